The monoisotopic (exact) mass is 432 g/mol. The van der Waals surface area contributed by atoms with E-state index in [-0.39, 0.29) is 6.03 Å². The van der Waals surface area contributed by atoms with Crippen molar-refractivity contribution >= 4 is 6.03 Å². The number of urea groups is 1. The van der Waals surface area contributed by atoms with Gasteiger partial charge >= 0.3 is 6.03 Å². The Hall–Kier alpha value is -3.32. The van der Waals surface area contributed by atoms with Gasteiger partial charge in [0.2, 0.25) is 0 Å². The Morgan fingerprint density at radius 1 is 1.09 bits per heavy atom. The van der Waals surface area contributed by atoms with Gasteiger partial charge in [-0.25, -0.2) is 4.79 Å². The van der Waals surface area contributed by atoms with Crippen molar-refractivity contribution in [3.05, 3.63) is 65.9 Å². The van der Waals surface area contributed by atoms with Gasteiger partial charge in [0.15, 0.2) is 0 Å². The largest absolute Gasteiger partial charge is 0.457 e. The molecular formula is C25H28N4O3. The summed E-state index contributed by atoms with van der Waals surface area (Å²) < 4.78 is 13.8. The zero-order valence-corrected chi connectivity index (χ0v) is 18.3. The predicted molar refractivity (Wildman–Crippen MR) is 122 cm³/mol. The molecule has 7 heteroatoms. The Morgan fingerprint density at radius 2 is 1.88 bits per heavy atom. The Kier molecular flexibility index (Phi) is 5.81. The predicted octanol–water partition coefficient (Wildman–Crippen LogP) is 4.39. The minimum Gasteiger partial charge on any atom is -0.457 e. The Labute approximate surface area is 187 Å². The van der Waals surface area contributed by atoms with Gasteiger partial charge in [0.25, 0.3) is 0 Å². The van der Waals surface area contributed by atoms with Gasteiger partial charge in [-0.2, -0.15) is 5.10 Å². The van der Waals surface area contributed by atoms with Gasteiger partial charge < -0.3 is 19.7 Å². The fourth-order valence-electron chi connectivity index (χ4n) is 4.57. The summed E-state index contributed by atoms with van der Waals surface area (Å²) in [6.45, 7) is 2.77. The number of hydrogen-bond acceptors (Lipinski definition) is 4. The number of carbonyl (C=O) groups is 1. The van der Waals surface area contributed by atoms with Crippen LogP contribution in [0.2, 0.25) is 0 Å². The molecule has 2 aliphatic heterocycles. The van der Waals surface area contributed by atoms with E-state index in [1.807, 2.05) is 53.4 Å². The molecule has 5 rings (SSSR count). The van der Waals surface area contributed by atoms with Crippen LogP contribution < -0.4 is 10.1 Å². The number of aromatic nitrogens is 2. The Balaban J connectivity index is 1.52. The second kappa shape index (κ2) is 9.04. The molecule has 3 heterocycles. The maximum atomic E-state index is 12.3. The molecule has 0 unspecified atom stereocenters. The standard InChI is InChI=1S/C25H28N4O3/c1-26-25(30)28-13-10-23-22(17-28)24(27-29(23)19-11-14-31-15-12-19)18-6-5-9-21(16-18)32-20-7-3-2-4-8-20/h2-9,16,19H,10-15,17H2,1H3,(H,26,30). The zero-order valence-electron chi connectivity index (χ0n) is 18.3. The molecule has 1 saturated heterocycles. The third-order valence-corrected chi connectivity index (χ3v) is 6.21. The fourth-order valence-corrected chi connectivity index (χ4v) is 4.57. The molecule has 2 amide bonds. The van der Waals surface area contributed by atoms with Crippen LogP contribution >= 0.6 is 0 Å². The van der Waals surface area contributed by atoms with Gasteiger partial charge in [-0.05, 0) is 37.1 Å². The molecule has 1 N–H and O–H groups in total. The van der Waals surface area contributed by atoms with Gasteiger partial charge in [-0.15, -0.1) is 0 Å². The van der Waals surface area contributed by atoms with Crippen LogP contribution in [0.3, 0.4) is 0 Å². The van der Waals surface area contributed by atoms with Crippen molar-refractivity contribution in [2.45, 2.75) is 31.8 Å². The van der Waals surface area contributed by atoms with Crippen molar-refractivity contribution in [2.75, 3.05) is 26.8 Å². The highest BCUT2D eigenvalue weighted by molar-refractivity contribution is 5.75. The number of benzene rings is 2. The fraction of sp³-hybridized carbons (Fsp3) is 0.360. The highest BCUT2D eigenvalue weighted by atomic mass is 16.5. The zero-order chi connectivity index (χ0) is 21.9. The number of amides is 2. The summed E-state index contributed by atoms with van der Waals surface area (Å²) >= 11 is 0. The molecule has 0 saturated carbocycles. The first kappa shape index (κ1) is 20.6. The van der Waals surface area contributed by atoms with Crippen molar-refractivity contribution < 1.29 is 14.3 Å². The highest BCUT2D eigenvalue weighted by Gasteiger charge is 2.30. The lowest BCUT2D eigenvalue weighted by molar-refractivity contribution is 0.0651. The number of para-hydroxylation sites is 1. The molecule has 1 aromatic heterocycles. The van der Waals surface area contributed by atoms with Crippen LogP contribution in [-0.2, 0) is 17.7 Å². The first-order chi connectivity index (χ1) is 15.7. The van der Waals surface area contributed by atoms with Gasteiger partial charge in [-0.3, -0.25) is 4.68 Å². The van der Waals surface area contributed by atoms with E-state index in [4.69, 9.17) is 14.6 Å². The summed E-state index contributed by atoms with van der Waals surface area (Å²) in [6.07, 6.45) is 2.72. The number of nitrogens with one attached hydrogen (secondary N) is 1. The minimum atomic E-state index is -0.0541. The molecule has 7 nitrogen and oxygen atoms in total. The second-order valence-electron chi connectivity index (χ2n) is 8.23. The average molecular weight is 433 g/mol. The quantitative estimate of drug-likeness (QED) is 0.664. The number of carbonyl (C=O) groups excluding carboxylic acids is 1. The maximum Gasteiger partial charge on any atom is 0.317 e. The van der Waals surface area contributed by atoms with Crippen molar-refractivity contribution in [1.82, 2.24) is 20.0 Å². The van der Waals surface area contributed by atoms with Gasteiger partial charge in [-0.1, -0.05) is 30.3 Å². The molecule has 3 aromatic rings. The lowest BCUT2D eigenvalue weighted by atomic mass is 10.00. The SMILES string of the molecule is CNC(=O)N1CCc2c(c(-c3cccc(Oc4ccccc4)c3)nn2C2CCOCC2)C1. The van der Waals surface area contributed by atoms with E-state index in [0.29, 0.717) is 19.1 Å². The van der Waals surface area contributed by atoms with E-state index >= 15 is 0 Å². The van der Waals surface area contributed by atoms with E-state index in [1.165, 1.54) is 5.69 Å². The highest BCUT2D eigenvalue weighted by Crippen LogP contribution is 2.35. The van der Waals surface area contributed by atoms with Crippen LogP contribution in [0.25, 0.3) is 11.3 Å². The molecule has 32 heavy (non-hydrogen) atoms. The number of fused-ring (bicyclic) bond motifs is 1. The molecule has 2 aliphatic rings. The molecule has 0 atom stereocenters. The Bertz CT molecular complexity index is 1090. The van der Waals surface area contributed by atoms with Crippen molar-refractivity contribution in [3.63, 3.8) is 0 Å². The number of hydrogen-bond donors (Lipinski definition) is 1. The molecule has 166 valence electrons. The van der Waals surface area contributed by atoms with E-state index in [2.05, 4.69) is 16.1 Å². The minimum absolute atomic E-state index is 0.0541. The number of ether oxygens (including phenoxy) is 2. The van der Waals surface area contributed by atoms with Crippen LogP contribution in [-0.4, -0.2) is 47.5 Å². The molecule has 2 aromatic carbocycles. The summed E-state index contributed by atoms with van der Waals surface area (Å²) in [5.41, 5.74) is 4.29. The van der Waals surface area contributed by atoms with Crippen molar-refractivity contribution in [2.24, 2.45) is 0 Å². The molecule has 0 bridgehead atoms. The molecule has 1 fully saturated rings. The van der Waals surface area contributed by atoms with E-state index < -0.39 is 0 Å². The third kappa shape index (κ3) is 4.08. The average Bonchev–Trinajstić information content (AvgIpc) is 3.24. The third-order valence-electron chi connectivity index (χ3n) is 6.21. The van der Waals surface area contributed by atoms with Gasteiger partial charge in [0.05, 0.1) is 18.3 Å². The summed E-state index contributed by atoms with van der Waals surface area (Å²) in [5, 5.41) is 7.86. The summed E-state index contributed by atoms with van der Waals surface area (Å²) in [5.74, 6) is 1.56. The van der Waals surface area contributed by atoms with Crippen LogP contribution in [0.15, 0.2) is 54.6 Å². The van der Waals surface area contributed by atoms with Crippen molar-refractivity contribution in [3.8, 4) is 22.8 Å². The van der Waals surface area contributed by atoms with Crippen molar-refractivity contribution in [1.29, 1.82) is 0 Å². The second-order valence-corrected chi connectivity index (χ2v) is 8.23. The number of nitrogens with zero attached hydrogens (tertiary/aromatic N) is 3. The van der Waals surface area contributed by atoms with Gasteiger partial charge in [0.1, 0.15) is 11.5 Å². The number of rotatable bonds is 4. The summed E-state index contributed by atoms with van der Waals surface area (Å²) in [6, 6.07) is 18.1. The van der Waals surface area contributed by atoms with E-state index in [1.54, 1.807) is 7.05 Å². The van der Waals surface area contributed by atoms with Crippen LogP contribution in [0.5, 0.6) is 11.5 Å². The van der Waals surface area contributed by atoms with E-state index in [0.717, 1.165) is 60.8 Å². The summed E-state index contributed by atoms with van der Waals surface area (Å²) in [4.78, 5) is 14.2. The topological polar surface area (TPSA) is 68.6 Å². The normalized spacial score (nSPS) is 16.5. The van der Waals surface area contributed by atoms with Gasteiger partial charge in [0, 0.05) is 50.0 Å². The Morgan fingerprint density at radius 3 is 2.66 bits per heavy atom. The lowest BCUT2D eigenvalue weighted by Gasteiger charge is -2.29. The first-order valence-electron chi connectivity index (χ1n) is 11.2. The molecule has 0 radical (unpaired) electrons. The van der Waals surface area contributed by atoms with Crippen LogP contribution in [0.4, 0.5) is 4.79 Å². The first-order valence-corrected chi connectivity index (χ1v) is 11.2. The maximum absolute atomic E-state index is 12.3. The molecule has 0 spiro atoms. The molecule has 0 aliphatic carbocycles. The van der Waals surface area contributed by atoms with E-state index in [9.17, 15) is 4.79 Å². The van der Waals surface area contributed by atoms with Crippen LogP contribution in [0.1, 0.15) is 30.1 Å². The summed E-state index contributed by atoms with van der Waals surface area (Å²) in [7, 11) is 1.68. The van der Waals surface area contributed by atoms with Crippen LogP contribution in [0, 0.1) is 0 Å². The molecular weight excluding hydrogens is 404 g/mol. The lowest BCUT2D eigenvalue weighted by Crippen LogP contribution is -2.41. The smallest absolute Gasteiger partial charge is 0.317 e.